The van der Waals surface area contributed by atoms with Gasteiger partial charge in [0.2, 0.25) is 0 Å². The molecule has 0 aliphatic carbocycles. The third kappa shape index (κ3) is 7.36. The molecule has 0 unspecified atom stereocenters. The van der Waals surface area contributed by atoms with E-state index in [4.69, 9.17) is 0 Å². The van der Waals surface area contributed by atoms with Crippen LogP contribution in [0.25, 0.3) is 0 Å². The van der Waals surface area contributed by atoms with E-state index in [1.165, 1.54) is 12.1 Å². The van der Waals surface area contributed by atoms with Crippen molar-refractivity contribution in [2.24, 2.45) is 0 Å². The lowest BCUT2D eigenvalue weighted by atomic mass is 10.1. The first-order valence-electron chi connectivity index (χ1n) is 8.97. The van der Waals surface area contributed by atoms with E-state index in [0.29, 0.717) is 6.07 Å². The summed E-state index contributed by atoms with van der Waals surface area (Å²) in [6, 6.07) is 8.17. The molecular weight excluding hydrogens is 398 g/mol. The number of benzene rings is 2. The smallest absolute Gasteiger partial charge is 0.426 e. The molecule has 0 radical (unpaired) electrons. The first-order valence-corrected chi connectivity index (χ1v) is 8.97. The number of rotatable bonds is 9. The van der Waals surface area contributed by atoms with Gasteiger partial charge in [0.1, 0.15) is 5.75 Å². The Labute approximate surface area is 164 Å². The summed E-state index contributed by atoms with van der Waals surface area (Å²) in [5, 5.41) is 0. The van der Waals surface area contributed by atoms with Crippen molar-refractivity contribution in [2.45, 2.75) is 44.9 Å². The Morgan fingerprint density at radius 1 is 0.931 bits per heavy atom. The Kier molecular flexibility index (Phi) is 7.59. The predicted octanol–water partition coefficient (Wildman–Crippen LogP) is 7.14. The standard InChI is InChI=1S/C21H20F6O2/c1-2-3-4-5-15-6-8-16(9-7-15)21(26,27)29-17-10-11-19(18(22)14-17)28-13-12-20(23,24)25/h6-14H,2-5H2,1H3. The summed E-state index contributed by atoms with van der Waals surface area (Å²) < 4.78 is 87.7. The Balaban J connectivity index is 2.04. The molecule has 0 saturated heterocycles. The number of allylic oxidation sites excluding steroid dienone is 1. The molecule has 2 aromatic rings. The van der Waals surface area contributed by atoms with Gasteiger partial charge in [-0.25, -0.2) is 4.39 Å². The van der Waals surface area contributed by atoms with Crippen molar-refractivity contribution >= 4 is 0 Å². The van der Waals surface area contributed by atoms with Crippen LogP contribution in [-0.2, 0) is 12.5 Å². The molecule has 0 amide bonds. The third-order valence-corrected chi connectivity index (χ3v) is 3.96. The number of aryl methyl sites for hydroxylation is 1. The number of alkyl halides is 5. The minimum atomic E-state index is -4.62. The molecule has 2 aromatic carbocycles. The maximum atomic E-state index is 14.3. The highest BCUT2D eigenvalue weighted by atomic mass is 19.4. The minimum absolute atomic E-state index is 0.225. The van der Waals surface area contributed by atoms with Gasteiger partial charge in [-0.2, -0.15) is 22.0 Å². The fraction of sp³-hybridized carbons (Fsp3) is 0.333. The van der Waals surface area contributed by atoms with E-state index < -0.39 is 35.2 Å². The summed E-state index contributed by atoms with van der Waals surface area (Å²) in [6.45, 7) is 2.07. The quantitative estimate of drug-likeness (QED) is 0.245. The largest absolute Gasteiger partial charge is 0.462 e. The van der Waals surface area contributed by atoms with Crippen LogP contribution in [0, 0.1) is 5.82 Å². The molecule has 0 saturated carbocycles. The van der Waals surface area contributed by atoms with Crippen molar-refractivity contribution in [1.82, 2.24) is 0 Å². The topological polar surface area (TPSA) is 18.5 Å². The van der Waals surface area contributed by atoms with E-state index >= 15 is 0 Å². The van der Waals surface area contributed by atoms with Gasteiger partial charge in [-0.05, 0) is 42.7 Å². The maximum absolute atomic E-state index is 14.3. The molecule has 0 fully saturated rings. The van der Waals surface area contributed by atoms with Crippen LogP contribution < -0.4 is 9.47 Å². The summed E-state index contributed by atoms with van der Waals surface area (Å²) in [5.41, 5.74) is 0.531. The van der Waals surface area contributed by atoms with Crippen molar-refractivity contribution in [1.29, 1.82) is 0 Å². The molecule has 0 aliphatic heterocycles. The van der Waals surface area contributed by atoms with Crippen LogP contribution in [0.15, 0.2) is 54.8 Å². The van der Waals surface area contributed by atoms with Crippen LogP contribution >= 0.6 is 0 Å². The van der Waals surface area contributed by atoms with Crippen molar-refractivity contribution < 1.29 is 35.8 Å². The summed E-state index contributed by atoms with van der Waals surface area (Å²) in [7, 11) is 0. The SMILES string of the molecule is CCCCCc1ccc(C(F)(F)Oc2ccc(OC=CC(F)(F)F)c(F)c2)cc1. The molecule has 0 atom stereocenters. The lowest BCUT2D eigenvalue weighted by Crippen LogP contribution is -2.21. The second kappa shape index (κ2) is 9.71. The molecule has 0 aliphatic rings. The van der Waals surface area contributed by atoms with E-state index in [1.54, 1.807) is 12.1 Å². The molecule has 0 heterocycles. The Bertz CT molecular complexity index is 813. The van der Waals surface area contributed by atoms with Crippen LogP contribution in [0.4, 0.5) is 26.3 Å². The summed E-state index contributed by atoms with van der Waals surface area (Å²) in [5.74, 6) is -2.19. The van der Waals surface area contributed by atoms with Gasteiger partial charge in [0.05, 0.1) is 17.9 Å². The average molecular weight is 418 g/mol. The zero-order valence-electron chi connectivity index (χ0n) is 15.6. The van der Waals surface area contributed by atoms with E-state index in [2.05, 4.69) is 16.4 Å². The monoisotopic (exact) mass is 418 g/mol. The van der Waals surface area contributed by atoms with Crippen molar-refractivity contribution in [2.75, 3.05) is 0 Å². The molecule has 2 rings (SSSR count). The van der Waals surface area contributed by atoms with Crippen LogP contribution in [0.3, 0.4) is 0 Å². The van der Waals surface area contributed by atoms with Crippen LogP contribution in [0.1, 0.15) is 37.3 Å². The lowest BCUT2D eigenvalue weighted by molar-refractivity contribution is -0.185. The second-order valence-electron chi connectivity index (χ2n) is 6.33. The Morgan fingerprint density at radius 2 is 1.62 bits per heavy atom. The number of unbranched alkanes of at least 4 members (excludes halogenated alkanes) is 2. The molecular formula is C21H20F6O2. The van der Waals surface area contributed by atoms with Crippen LogP contribution in [0.2, 0.25) is 0 Å². The highest BCUT2D eigenvalue weighted by Gasteiger charge is 2.34. The first kappa shape index (κ1) is 22.6. The van der Waals surface area contributed by atoms with E-state index in [1.807, 2.05) is 0 Å². The summed E-state index contributed by atoms with van der Waals surface area (Å²) in [4.78, 5) is 0. The lowest BCUT2D eigenvalue weighted by Gasteiger charge is -2.19. The minimum Gasteiger partial charge on any atom is -0.462 e. The highest BCUT2D eigenvalue weighted by Crippen LogP contribution is 2.33. The Hall–Kier alpha value is -2.64. The molecule has 2 nitrogen and oxygen atoms in total. The van der Waals surface area contributed by atoms with Gasteiger partial charge in [0.15, 0.2) is 11.6 Å². The second-order valence-corrected chi connectivity index (χ2v) is 6.33. The third-order valence-electron chi connectivity index (χ3n) is 3.96. The molecule has 0 N–H and O–H groups in total. The number of ether oxygens (including phenoxy) is 2. The van der Waals surface area contributed by atoms with Crippen LogP contribution in [0.5, 0.6) is 11.5 Å². The van der Waals surface area contributed by atoms with Gasteiger partial charge in [0.25, 0.3) is 0 Å². The highest BCUT2D eigenvalue weighted by molar-refractivity contribution is 5.34. The zero-order valence-corrected chi connectivity index (χ0v) is 15.6. The van der Waals surface area contributed by atoms with Crippen molar-refractivity contribution in [3.05, 3.63) is 71.7 Å². The van der Waals surface area contributed by atoms with Gasteiger partial charge in [0, 0.05) is 6.07 Å². The predicted molar refractivity (Wildman–Crippen MR) is 96.4 cm³/mol. The number of hydrogen-bond donors (Lipinski definition) is 0. The van der Waals surface area contributed by atoms with Gasteiger partial charge in [-0.1, -0.05) is 31.9 Å². The molecule has 8 heteroatoms. The average Bonchev–Trinajstić information content (AvgIpc) is 2.63. The normalized spacial score (nSPS) is 12.4. The van der Waals surface area contributed by atoms with Gasteiger partial charge >= 0.3 is 12.3 Å². The van der Waals surface area contributed by atoms with Crippen molar-refractivity contribution in [3.63, 3.8) is 0 Å². The molecule has 158 valence electrons. The molecule has 0 aromatic heterocycles. The zero-order chi connectivity index (χ0) is 21.5. The number of halogens is 6. The summed E-state index contributed by atoms with van der Waals surface area (Å²) in [6.07, 6.45) is -4.43. The molecule has 0 bridgehead atoms. The van der Waals surface area contributed by atoms with E-state index in [-0.39, 0.29) is 12.3 Å². The fourth-order valence-electron chi connectivity index (χ4n) is 2.48. The molecule has 0 spiro atoms. The number of hydrogen-bond acceptors (Lipinski definition) is 2. The maximum Gasteiger partial charge on any atom is 0.426 e. The van der Waals surface area contributed by atoms with Gasteiger partial charge in [-0.15, -0.1) is 0 Å². The van der Waals surface area contributed by atoms with Gasteiger partial charge < -0.3 is 9.47 Å². The van der Waals surface area contributed by atoms with Crippen LogP contribution in [-0.4, -0.2) is 6.18 Å². The van der Waals surface area contributed by atoms with E-state index in [9.17, 15) is 26.3 Å². The fourth-order valence-corrected chi connectivity index (χ4v) is 2.48. The first-order chi connectivity index (χ1) is 13.6. The molecule has 29 heavy (non-hydrogen) atoms. The summed E-state index contributed by atoms with van der Waals surface area (Å²) >= 11 is 0. The van der Waals surface area contributed by atoms with Crippen molar-refractivity contribution in [3.8, 4) is 11.5 Å². The van der Waals surface area contributed by atoms with E-state index in [0.717, 1.165) is 43.4 Å². The van der Waals surface area contributed by atoms with Gasteiger partial charge in [-0.3, -0.25) is 0 Å². The Morgan fingerprint density at radius 3 is 2.21 bits per heavy atom.